The SMILES string of the molecule is COCCCOCCCC(=O)Nc1ccccc1C#N. The van der Waals surface area contributed by atoms with Crippen LogP contribution in [-0.4, -0.2) is 32.8 Å². The third kappa shape index (κ3) is 6.32. The van der Waals surface area contributed by atoms with Gasteiger partial charge >= 0.3 is 0 Å². The average Bonchev–Trinajstić information content (AvgIpc) is 2.47. The molecule has 5 heteroatoms. The summed E-state index contributed by atoms with van der Waals surface area (Å²) in [6.07, 6.45) is 1.90. The molecule has 108 valence electrons. The number of methoxy groups -OCH3 is 1. The van der Waals surface area contributed by atoms with Crippen molar-refractivity contribution in [2.45, 2.75) is 19.3 Å². The van der Waals surface area contributed by atoms with Crippen LogP contribution in [0.5, 0.6) is 0 Å². The molecule has 0 atom stereocenters. The standard InChI is InChI=1S/C15H20N2O3/c1-19-9-5-11-20-10-4-8-15(18)17-14-7-3-2-6-13(14)12-16/h2-3,6-7H,4-5,8-11H2,1H3,(H,17,18). The van der Waals surface area contributed by atoms with Crippen LogP contribution in [0, 0.1) is 11.3 Å². The van der Waals surface area contributed by atoms with Crippen LogP contribution in [0.3, 0.4) is 0 Å². The number of rotatable bonds is 9. The van der Waals surface area contributed by atoms with Crippen LogP contribution < -0.4 is 5.32 Å². The number of carbonyl (C=O) groups excluding carboxylic acids is 1. The van der Waals surface area contributed by atoms with Gasteiger partial charge in [-0.2, -0.15) is 5.26 Å². The van der Waals surface area contributed by atoms with Crippen LogP contribution >= 0.6 is 0 Å². The fourth-order valence-electron chi connectivity index (χ4n) is 1.64. The van der Waals surface area contributed by atoms with E-state index in [0.717, 1.165) is 6.42 Å². The predicted molar refractivity (Wildman–Crippen MR) is 76.3 cm³/mol. The average molecular weight is 276 g/mol. The number of para-hydroxylation sites is 1. The maximum absolute atomic E-state index is 11.7. The molecule has 0 saturated heterocycles. The second-order valence-corrected chi connectivity index (χ2v) is 4.27. The van der Waals surface area contributed by atoms with Crippen molar-refractivity contribution in [3.63, 3.8) is 0 Å². The highest BCUT2D eigenvalue weighted by Crippen LogP contribution is 2.13. The van der Waals surface area contributed by atoms with Crippen LogP contribution in [0.15, 0.2) is 24.3 Å². The largest absolute Gasteiger partial charge is 0.385 e. The first-order valence-corrected chi connectivity index (χ1v) is 6.63. The number of carbonyl (C=O) groups is 1. The molecule has 1 aromatic carbocycles. The van der Waals surface area contributed by atoms with Crippen molar-refractivity contribution < 1.29 is 14.3 Å². The Balaban J connectivity index is 2.19. The summed E-state index contributed by atoms with van der Waals surface area (Å²) in [6.45, 7) is 1.88. The van der Waals surface area contributed by atoms with Crippen molar-refractivity contribution in [2.24, 2.45) is 0 Å². The summed E-state index contributed by atoms with van der Waals surface area (Å²) in [7, 11) is 1.66. The van der Waals surface area contributed by atoms with Crippen molar-refractivity contribution >= 4 is 11.6 Å². The van der Waals surface area contributed by atoms with Gasteiger partial charge in [0.25, 0.3) is 0 Å². The molecule has 1 rings (SSSR count). The first-order valence-electron chi connectivity index (χ1n) is 6.63. The van der Waals surface area contributed by atoms with Gasteiger partial charge in [-0.15, -0.1) is 0 Å². The lowest BCUT2D eigenvalue weighted by atomic mass is 10.2. The molecule has 0 saturated carbocycles. The molecule has 1 amide bonds. The minimum atomic E-state index is -0.104. The Bertz CT molecular complexity index is 455. The molecular formula is C15H20N2O3. The van der Waals surface area contributed by atoms with Gasteiger partial charge in [-0.05, 0) is 25.0 Å². The minimum Gasteiger partial charge on any atom is -0.385 e. The van der Waals surface area contributed by atoms with Crippen LogP contribution in [-0.2, 0) is 14.3 Å². The normalized spacial score (nSPS) is 10.0. The Morgan fingerprint density at radius 3 is 2.75 bits per heavy atom. The molecule has 0 aromatic heterocycles. The third-order valence-electron chi connectivity index (χ3n) is 2.65. The Morgan fingerprint density at radius 1 is 1.25 bits per heavy atom. The summed E-state index contributed by atoms with van der Waals surface area (Å²) in [6, 6.07) is 8.99. The lowest BCUT2D eigenvalue weighted by Gasteiger charge is -2.07. The van der Waals surface area contributed by atoms with E-state index in [2.05, 4.69) is 5.32 Å². The number of nitriles is 1. The number of benzene rings is 1. The second-order valence-electron chi connectivity index (χ2n) is 4.27. The second kappa shape index (κ2) is 9.96. The molecule has 1 aromatic rings. The number of nitrogens with zero attached hydrogens (tertiary/aromatic N) is 1. The molecule has 20 heavy (non-hydrogen) atoms. The van der Waals surface area contributed by atoms with Crippen molar-refractivity contribution in [1.82, 2.24) is 0 Å². The fraction of sp³-hybridized carbons (Fsp3) is 0.467. The maximum Gasteiger partial charge on any atom is 0.224 e. The van der Waals surface area contributed by atoms with Gasteiger partial charge in [0.1, 0.15) is 6.07 Å². The summed E-state index contributed by atoms with van der Waals surface area (Å²) in [5.41, 5.74) is 1.03. The molecule has 0 heterocycles. The zero-order valence-electron chi connectivity index (χ0n) is 11.7. The number of hydrogen-bond donors (Lipinski definition) is 1. The lowest BCUT2D eigenvalue weighted by molar-refractivity contribution is -0.116. The Labute approximate surface area is 119 Å². The lowest BCUT2D eigenvalue weighted by Crippen LogP contribution is -2.13. The molecule has 0 spiro atoms. The van der Waals surface area contributed by atoms with Gasteiger partial charge in [0.15, 0.2) is 0 Å². The number of hydrogen-bond acceptors (Lipinski definition) is 4. The van der Waals surface area contributed by atoms with Crippen molar-refractivity contribution in [1.29, 1.82) is 5.26 Å². The van der Waals surface area contributed by atoms with E-state index in [1.807, 2.05) is 6.07 Å². The van der Waals surface area contributed by atoms with Crippen LogP contribution in [0.2, 0.25) is 0 Å². The van der Waals surface area contributed by atoms with Gasteiger partial charge in [-0.1, -0.05) is 12.1 Å². The van der Waals surface area contributed by atoms with Crippen molar-refractivity contribution in [2.75, 3.05) is 32.2 Å². The summed E-state index contributed by atoms with van der Waals surface area (Å²) in [4.78, 5) is 11.7. The topological polar surface area (TPSA) is 71.3 Å². The molecule has 0 aliphatic carbocycles. The number of anilines is 1. The Hall–Kier alpha value is -1.90. The van der Waals surface area contributed by atoms with Crippen molar-refractivity contribution in [3.8, 4) is 6.07 Å². The fourth-order valence-corrected chi connectivity index (χ4v) is 1.64. The zero-order chi connectivity index (χ0) is 14.6. The van der Waals surface area contributed by atoms with E-state index in [4.69, 9.17) is 14.7 Å². The van der Waals surface area contributed by atoms with E-state index >= 15 is 0 Å². The molecule has 0 fully saturated rings. The van der Waals surface area contributed by atoms with Gasteiger partial charge in [0, 0.05) is 33.4 Å². The molecule has 0 radical (unpaired) electrons. The zero-order valence-corrected chi connectivity index (χ0v) is 11.7. The summed E-state index contributed by atoms with van der Waals surface area (Å²) >= 11 is 0. The molecule has 0 aliphatic heterocycles. The van der Waals surface area contributed by atoms with Gasteiger partial charge in [0.2, 0.25) is 5.91 Å². The van der Waals surface area contributed by atoms with Crippen LogP contribution in [0.4, 0.5) is 5.69 Å². The molecule has 0 bridgehead atoms. The number of amides is 1. The van der Waals surface area contributed by atoms with E-state index in [1.165, 1.54) is 0 Å². The first-order chi connectivity index (χ1) is 9.77. The summed E-state index contributed by atoms with van der Waals surface area (Å²) in [5, 5.41) is 11.7. The third-order valence-corrected chi connectivity index (χ3v) is 2.65. The Morgan fingerprint density at radius 2 is 2.00 bits per heavy atom. The van der Waals surface area contributed by atoms with Gasteiger partial charge < -0.3 is 14.8 Å². The maximum atomic E-state index is 11.7. The predicted octanol–water partition coefficient (Wildman–Crippen LogP) is 2.33. The molecular weight excluding hydrogens is 256 g/mol. The van der Waals surface area contributed by atoms with Gasteiger partial charge in [0.05, 0.1) is 11.3 Å². The van der Waals surface area contributed by atoms with E-state index in [9.17, 15) is 4.79 Å². The molecule has 5 nitrogen and oxygen atoms in total. The number of ether oxygens (including phenoxy) is 2. The smallest absolute Gasteiger partial charge is 0.224 e. The number of nitrogens with one attached hydrogen (secondary N) is 1. The van der Waals surface area contributed by atoms with E-state index in [0.29, 0.717) is 43.9 Å². The Kier molecular flexibility index (Phi) is 8.04. The highest BCUT2D eigenvalue weighted by atomic mass is 16.5. The van der Waals surface area contributed by atoms with E-state index < -0.39 is 0 Å². The van der Waals surface area contributed by atoms with Crippen LogP contribution in [0.25, 0.3) is 0 Å². The van der Waals surface area contributed by atoms with Gasteiger partial charge in [-0.25, -0.2) is 0 Å². The van der Waals surface area contributed by atoms with Crippen LogP contribution in [0.1, 0.15) is 24.8 Å². The molecule has 1 N–H and O–H groups in total. The van der Waals surface area contributed by atoms with E-state index in [1.54, 1.807) is 31.4 Å². The van der Waals surface area contributed by atoms with E-state index in [-0.39, 0.29) is 5.91 Å². The first kappa shape index (κ1) is 16.2. The highest BCUT2D eigenvalue weighted by Gasteiger charge is 2.05. The van der Waals surface area contributed by atoms with Gasteiger partial charge in [-0.3, -0.25) is 4.79 Å². The minimum absolute atomic E-state index is 0.104. The van der Waals surface area contributed by atoms with Crippen molar-refractivity contribution in [3.05, 3.63) is 29.8 Å². The highest BCUT2D eigenvalue weighted by molar-refractivity contribution is 5.92. The summed E-state index contributed by atoms with van der Waals surface area (Å²) < 4.78 is 10.3. The quantitative estimate of drug-likeness (QED) is 0.703. The monoisotopic (exact) mass is 276 g/mol. The molecule has 0 unspecified atom stereocenters. The molecule has 0 aliphatic rings. The summed E-state index contributed by atoms with van der Waals surface area (Å²) in [5.74, 6) is -0.104.